The summed E-state index contributed by atoms with van der Waals surface area (Å²) in [7, 11) is 0. The average Bonchev–Trinajstić information content (AvgIpc) is 2.35. The number of esters is 1. The van der Waals surface area contributed by atoms with Gasteiger partial charge in [0.05, 0.1) is 0 Å². The minimum Gasteiger partial charge on any atom is -0.451 e. The first kappa shape index (κ1) is 13.2. The highest BCUT2D eigenvalue weighted by Gasteiger charge is 2.22. The summed E-state index contributed by atoms with van der Waals surface area (Å²) in [5.74, 6) is -0.705. The number of Topliss-reactive ketones (excluding diaryl/α,β-unsaturated/α-hetero) is 1. The fraction of sp³-hybridized carbons (Fsp3) is 0.286. The Kier molecular flexibility index (Phi) is 4.64. The summed E-state index contributed by atoms with van der Waals surface area (Å²) in [5.41, 5.74) is 0.846. The van der Waals surface area contributed by atoms with Crippen molar-refractivity contribution in [2.75, 3.05) is 0 Å². The van der Waals surface area contributed by atoms with Gasteiger partial charge in [0.25, 0.3) is 0 Å². The summed E-state index contributed by atoms with van der Waals surface area (Å²) in [6.45, 7) is 6.85. The number of hydrogen-bond donors (Lipinski definition) is 0. The van der Waals surface area contributed by atoms with Crippen LogP contribution in [0.15, 0.2) is 42.5 Å². The topological polar surface area (TPSA) is 43.4 Å². The maximum Gasteiger partial charge on any atom is 0.333 e. The second-order valence-corrected chi connectivity index (χ2v) is 3.81. The van der Waals surface area contributed by atoms with Crippen molar-refractivity contribution < 1.29 is 14.3 Å². The number of rotatable bonds is 5. The third-order valence-electron chi connectivity index (χ3n) is 2.32. The lowest BCUT2D eigenvalue weighted by molar-refractivity contribution is -0.142. The van der Waals surface area contributed by atoms with E-state index in [0.717, 1.165) is 0 Å². The molecule has 0 amide bonds. The van der Waals surface area contributed by atoms with E-state index < -0.39 is 12.1 Å². The highest BCUT2D eigenvalue weighted by atomic mass is 16.5. The zero-order chi connectivity index (χ0) is 12.8. The van der Waals surface area contributed by atoms with Gasteiger partial charge in [-0.05, 0) is 13.3 Å². The summed E-state index contributed by atoms with van der Waals surface area (Å²) >= 11 is 0. The Morgan fingerprint density at radius 1 is 1.29 bits per heavy atom. The van der Waals surface area contributed by atoms with Crippen LogP contribution in [0.25, 0.3) is 0 Å². The van der Waals surface area contributed by atoms with E-state index >= 15 is 0 Å². The van der Waals surface area contributed by atoms with Gasteiger partial charge in [0, 0.05) is 11.1 Å². The van der Waals surface area contributed by atoms with Gasteiger partial charge in [-0.25, -0.2) is 4.79 Å². The molecule has 0 saturated heterocycles. The van der Waals surface area contributed by atoms with E-state index in [9.17, 15) is 9.59 Å². The molecule has 0 aliphatic carbocycles. The Balaban J connectivity index is 2.78. The monoisotopic (exact) mass is 232 g/mol. The van der Waals surface area contributed by atoms with Crippen LogP contribution >= 0.6 is 0 Å². The first-order valence-electron chi connectivity index (χ1n) is 5.52. The maximum atomic E-state index is 12.0. The van der Waals surface area contributed by atoms with Gasteiger partial charge in [-0.2, -0.15) is 0 Å². The molecule has 0 heterocycles. The van der Waals surface area contributed by atoms with E-state index in [1.165, 1.54) is 0 Å². The molecule has 1 aromatic carbocycles. The van der Waals surface area contributed by atoms with Crippen LogP contribution in [0.5, 0.6) is 0 Å². The Morgan fingerprint density at radius 2 is 1.88 bits per heavy atom. The number of hydrogen-bond acceptors (Lipinski definition) is 3. The molecule has 0 radical (unpaired) electrons. The molecular weight excluding hydrogens is 216 g/mol. The maximum absolute atomic E-state index is 12.0. The van der Waals surface area contributed by atoms with E-state index in [1.54, 1.807) is 38.1 Å². The molecule has 17 heavy (non-hydrogen) atoms. The van der Waals surface area contributed by atoms with E-state index in [1.807, 2.05) is 6.07 Å². The molecule has 0 N–H and O–H groups in total. The molecule has 0 spiro atoms. The predicted molar refractivity (Wildman–Crippen MR) is 65.8 cm³/mol. The SMILES string of the molecule is C=C(C)C(=O)OC(CC)C(=O)c1ccccc1. The summed E-state index contributed by atoms with van der Waals surface area (Å²) in [4.78, 5) is 23.4. The zero-order valence-electron chi connectivity index (χ0n) is 10.1. The molecule has 0 aliphatic heterocycles. The van der Waals surface area contributed by atoms with Crippen LogP contribution < -0.4 is 0 Å². The average molecular weight is 232 g/mol. The van der Waals surface area contributed by atoms with Crippen LogP contribution in [0.3, 0.4) is 0 Å². The van der Waals surface area contributed by atoms with Crippen molar-refractivity contribution in [1.29, 1.82) is 0 Å². The number of benzene rings is 1. The molecule has 1 rings (SSSR count). The molecule has 0 aromatic heterocycles. The second kappa shape index (κ2) is 5.99. The van der Waals surface area contributed by atoms with Crippen LogP contribution in [0.2, 0.25) is 0 Å². The molecule has 1 atom stereocenters. The fourth-order valence-corrected chi connectivity index (χ4v) is 1.34. The number of carbonyl (C=O) groups is 2. The minimum atomic E-state index is -0.735. The third-order valence-corrected chi connectivity index (χ3v) is 2.32. The molecule has 0 aliphatic rings. The lowest BCUT2D eigenvalue weighted by Crippen LogP contribution is -2.27. The summed E-state index contributed by atoms with van der Waals surface area (Å²) in [6.07, 6.45) is -0.283. The van der Waals surface area contributed by atoms with Gasteiger partial charge in [-0.15, -0.1) is 0 Å². The third kappa shape index (κ3) is 3.55. The Bertz CT molecular complexity index is 420. The summed E-state index contributed by atoms with van der Waals surface area (Å²) in [5, 5.41) is 0. The van der Waals surface area contributed by atoms with Gasteiger partial charge in [0.15, 0.2) is 6.10 Å². The Morgan fingerprint density at radius 3 is 2.35 bits per heavy atom. The molecule has 90 valence electrons. The van der Waals surface area contributed by atoms with E-state index in [2.05, 4.69) is 6.58 Å². The first-order chi connectivity index (χ1) is 8.06. The molecule has 3 heteroatoms. The highest BCUT2D eigenvalue weighted by molar-refractivity contribution is 6.01. The summed E-state index contributed by atoms with van der Waals surface area (Å²) in [6, 6.07) is 8.80. The number of carbonyl (C=O) groups excluding carboxylic acids is 2. The molecule has 1 aromatic rings. The number of ketones is 1. The van der Waals surface area contributed by atoms with Crippen molar-refractivity contribution >= 4 is 11.8 Å². The van der Waals surface area contributed by atoms with Crippen molar-refractivity contribution in [3.63, 3.8) is 0 Å². The van der Waals surface area contributed by atoms with Crippen molar-refractivity contribution in [3.8, 4) is 0 Å². The Hall–Kier alpha value is -1.90. The minimum absolute atomic E-state index is 0.178. The van der Waals surface area contributed by atoms with E-state index in [0.29, 0.717) is 17.6 Å². The van der Waals surface area contributed by atoms with Gasteiger partial charge in [-0.3, -0.25) is 4.79 Å². The van der Waals surface area contributed by atoms with Crippen molar-refractivity contribution in [1.82, 2.24) is 0 Å². The van der Waals surface area contributed by atoms with Crippen LogP contribution in [0, 0.1) is 0 Å². The van der Waals surface area contributed by atoms with Gasteiger partial charge in [0.2, 0.25) is 5.78 Å². The van der Waals surface area contributed by atoms with E-state index in [4.69, 9.17) is 4.74 Å². The van der Waals surface area contributed by atoms with Crippen molar-refractivity contribution in [2.24, 2.45) is 0 Å². The standard InChI is InChI=1S/C14H16O3/c1-4-12(17-14(16)10(2)3)13(15)11-8-6-5-7-9-11/h5-9,12H,2,4H2,1,3H3. The van der Waals surface area contributed by atoms with Gasteiger partial charge >= 0.3 is 5.97 Å². The lowest BCUT2D eigenvalue weighted by atomic mass is 10.0. The first-order valence-corrected chi connectivity index (χ1v) is 5.52. The number of ether oxygens (including phenoxy) is 1. The van der Waals surface area contributed by atoms with Gasteiger partial charge < -0.3 is 4.74 Å². The molecule has 0 fully saturated rings. The summed E-state index contributed by atoms with van der Waals surface area (Å²) < 4.78 is 5.09. The quantitative estimate of drug-likeness (QED) is 0.445. The van der Waals surface area contributed by atoms with Crippen LogP contribution in [-0.4, -0.2) is 17.9 Å². The Labute approximate surface area is 101 Å². The molecule has 3 nitrogen and oxygen atoms in total. The van der Waals surface area contributed by atoms with Crippen LogP contribution in [-0.2, 0) is 9.53 Å². The molecule has 0 saturated carbocycles. The van der Waals surface area contributed by atoms with E-state index in [-0.39, 0.29) is 5.78 Å². The molecule has 1 unspecified atom stereocenters. The smallest absolute Gasteiger partial charge is 0.333 e. The second-order valence-electron chi connectivity index (χ2n) is 3.81. The van der Waals surface area contributed by atoms with Gasteiger partial charge in [0.1, 0.15) is 0 Å². The molecule has 0 bridgehead atoms. The fourth-order valence-electron chi connectivity index (χ4n) is 1.34. The normalized spacial score (nSPS) is 11.6. The predicted octanol–water partition coefficient (Wildman–Crippen LogP) is 2.77. The van der Waals surface area contributed by atoms with Crippen LogP contribution in [0.4, 0.5) is 0 Å². The zero-order valence-corrected chi connectivity index (χ0v) is 10.1. The van der Waals surface area contributed by atoms with Crippen molar-refractivity contribution in [3.05, 3.63) is 48.0 Å². The van der Waals surface area contributed by atoms with Crippen LogP contribution in [0.1, 0.15) is 30.6 Å². The molecular formula is C14H16O3. The van der Waals surface area contributed by atoms with Crippen molar-refractivity contribution in [2.45, 2.75) is 26.4 Å². The van der Waals surface area contributed by atoms with Gasteiger partial charge in [-0.1, -0.05) is 43.8 Å². The highest BCUT2D eigenvalue weighted by Crippen LogP contribution is 2.11. The largest absolute Gasteiger partial charge is 0.451 e. The lowest BCUT2D eigenvalue weighted by Gasteiger charge is -2.14.